The summed E-state index contributed by atoms with van der Waals surface area (Å²) in [5.74, 6) is -0.976. The molecular weight excluding hydrogens is 348 g/mol. The number of nitrogens with zero attached hydrogens (tertiary/aromatic N) is 1. The number of hydrogen-bond donors (Lipinski definition) is 4. The van der Waals surface area contributed by atoms with Gasteiger partial charge < -0.3 is 21.1 Å². The lowest BCUT2D eigenvalue weighted by Crippen LogP contribution is -2.56. The number of aliphatic carboxylic acids is 1. The van der Waals surface area contributed by atoms with Crippen molar-refractivity contribution in [3.8, 4) is 0 Å². The number of benzene rings is 1. The van der Waals surface area contributed by atoms with Crippen LogP contribution in [0.1, 0.15) is 45.2 Å². The molecule has 1 saturated carbocycles. The van der Waals surface area contributed by atoms with Crippen LogP contribution in [0, 0.1) is 0 Å². The molecule has 4 N–H and O–H groups in total. The first-order valence-electron chi connectivity index (χ1n) is 9.19. The van der Waals surface area contributed by atoms with Crippen LogP contribution in [-0.2, 0) is 9.59 Å². The number of hydrogen-bond acceptors (Lipinski definition) is 4. The van der Waals surface area contributed by atoms with Gasteiger partial charge in [-0.2, -0.15) is 0 Å². The zero-order valence-corrected chi connectivity index (χ0v) is 16.0. The molecule has 1 atom stereocenters. The van der Waals surface area contributed by atoms with Crippen molar-refractivity contribution < 1.29 is 19.5 Å². The van der Waals surface area contributed by atoms with Gasteiger partial charge in [-0.15, -0.1) is 0 Å². The topological polar surface area (TPSA) is 111 Å². The highest BCUT2D eigenvalue weighted by molar-refractivity contribution is 5.88. The number of carbonyl (C=O) groups excluding carboxylic acids is 2. The Morgan fingerprint density at radius 2 is 2.00 bits per heavy atom. The first-order chi connectivity index (χ1) is 12.8. The molecule has 8 heteroatoms. The van der Waals surface area contributed by atoms with E-state index in [4.69, 9.17) is 5.11 Å². The van der Waals surface area contributed by atoms with E-state index in [1.807, 2.05) is 36.9 Å². The van der Waals surface area contributed by atoms with Crippen LogP contribution in [0.5, 0.6) is 0 Å². The summed E-state index contributed by atoms with van der Waals surface area (Å²) in [6.07, 6.45) is 1.50. The van der Waals surface area contributed by atoms with Gasteiger partial charge >= 0.3 is 12.0 Å². The second-order valence-electron chi connectivity index (χ2n) is 6.93. The van der Waals surface area contributed by atoms with Crippen LogP contribution in [0.4, 0.5) is 10.5 Å². The Kier molecular flexibility index (Phi) is 7.18. The quantitative estimate of drug-likeness (QED) is 0.554. The van der Waals surface area contributed by atoms with Gasteiger partial charge in [-0.3, -0.25) is 14.5 Å². The third kappa shape index (κ3) is 6.25. The fourth-order valence-electron chi connectivity index (χ4n) is 3.27. The molecule has 0 bridgehead atoms. The number of anilines is 1. The molecule has 1 aliphatic rings. The summed E-state index contributed by atoms with van der Waals surface area (Å²) in [5, 5.41) is 17.5. The third-order valence-corrected chi connectivity index (χ3v) is 4.76. The van der Waals surface area contributed by atoms with Crippen molar-refractivity contribution in [1.82, 2.24) is 15.5 Å². The lowest BCUT2D eigenvalue weighted by molar-refractivity contribution is -0.139. The van der Waals surface area contributed by atoms with Crippen LogP contribution >= 0.6 is 0 Å². The lowest BCUT2D eigenvalue weighted by atomic mass is 9.85. The van der Waals surface area contributed by atoms with Crippen molar-refractivity contribution >= 4 is 23.6 Å². The van der Waals surface area contributed by atoms with Gasteiger partial charge in [0.25, 0.3) is 0 Å². The van der Waals surface area contributed by atoms with Crippen LogP contribution in [0.15, 0.2) is 24.3 Å². The van der Waals surface area contributed by atoms with Crippen molar-refractivity contribution in [2.24, 2.45) is 0 Å². The number of carboxylic acids is 1. The Morgan fingerprint density at radius 3 is 2.59 bits per heavy atom. The molecule has 2 rings (SSSR count). The number of carbonyl (C=O) groups is 3. The van der Waals surface area contributed by atoms with Crippen LogP contribution < -0.4 is 16.0 Å². The molecule has 0 spiro atoms. The molecular formula is C19H28N4O4. The average molecular weight is 376 g/mol. The van der Waals surface area contributed by atoms with E-state index in [-0.39, 0.29) is 36.6 Å². The highest BCUT2D eigenvalue weighted by atomic mass is 16.4. The zero-order valence-electron chi connectivity index (χ0n) is 16.0. The molecule has 0 aromatic heterocycles. The highest BCUT2D eigenvalue weighted by Gasteiger charge is 2.34. The maximum absolute atomic E-state index is 12.2. The monoisotopic (exact) mass is 376 g/mol. The Hall–Kier alpha value is -2.61. The van der Waals surface area contributed by atoms with Crippen molar-refractivity contribution in [2.75, 3.05) is 18.4 Å². The van der Waals surface area contributed by atoms with E-state index in [2.05, 4.69) is 16.0 Å². The molecule has 3 amide bonds. The van der Waals surface area contributed by atoms with Crippen molar-refractivity contribution in [3.63, 3.8) is 0 Å². The van der Waals surface area contributed by atoms with Crippen molar-refractivity contribution in [1.29, 1.82) is 0 Å². The Labute approximate surface area is 159 Å². The first-order valence-corrected chi connectivity index (χ1v) is 9.19. The van der Waals surface area contributed by atoms with Crippen LogP contribution in [0.25, 0.3) is 0 Å². The average Bonchev–Trinajstić information content (AvgIpc) is 2.55. The molecule has 148 valence electrons. The maximum Gasteiger partial charge on any atom is 0.317 e. The molecule has 1 aliphatic carbocycles. The van der Waals surface area contributed by atoms with Crippen LogP contribution in [0.3, 0.4) is 0 Å². The number of rotatable bonds is 8. The van der Waals surface area contributed by atoms with Gasteiger partial charge in [0.1, 0.15) is 0 Å². The van der Waals surface area contributed by atoms with Gasteiger partial charge in [0, 0.05) is 24.7 Å². The molecule has 1 unspecified atom stereocenters. The maximum atomic E-state index is 12.2. The first kappa shape index (κ1) is 20.7. The van der Waals surface area contributed by atoms with E-state index in [1.165, 1.54) is 6.92 Å². The summed E-state index contributed by atoms with van der Waals surface area (Å²) < 4.78 is 0. The zero-order chi connectivity index (χ0) is 20.0. The highest BCUT2D eigenvalue weighted by Crippen LogP contribution is 2.25. The molecule has 0 heterocycles. The lowest BCUT2D eigenvalue weighted by Gasteiger charge is -2.42. The van der Waals surface area contributed by atoms with Crippen molar-refractivity contribution in [2.45, 2.75) is 51.7 Å². The third-order valence-electron chi connectivity index (χ3n) is 4.76. The fourth-order valence-corrected chi connectivity index (χ4v) is 3.27. The number of nitrogens with one attached hydrogen (secondary N) is 3. The minimum Gasteiger partial charge on any atom is -0.480 e. The second kappa shape index (κ2) is 9.36. The van der Waals surface area contributed by atoms with Crippen LogP contribution in [-0.4, -0.2) is 53.1 Å². The minimum atomic E-state index is -0.832. The molecule has 1 aromatic rings. The van der Waals surface area contributed by atoms with Gasteiger partial charge in [0.05, 0.1) is 12.6 Å². The summed E-state index contributed by atoms with van der Waals surface area (Å²) in [6.45, 7) is 5.97. The predicted molar refractivity (Wildman–Crippen MR) is 103 cm³/mol. The number of carboxylic acid groups (broad SMARTS) is 1. The summed E-state index contributed by atoms with van der Waals surface area (Å²) in [4.78, 5) is 36.2. The Bertz CT molecular complexity index is 688. The molecule has 8 nitrogen and oxygen atoms in total. The fraction of sp³-hybridized carbons (Fsp3) is 0.526. The van der Waals surface area contributed by atoms with E-state index in [0.717, 1.165) is 18.4 Å². The van der Waals surface area contributed by atoms with E-state index in [9.17, 15) is 14.4 Å². The Morgan fingerprint density at radius 1 is 1.30 bits per heavy atom. The molecule has 0 aliphatic heterocycles. The summed E-state index contributed by atoms with van der Waals surface area (Å²) in [7, 11) is 0. The van der Waals surface area contributed by atoms with E-state index < -0.39 is 5.97 Å². The summed E-state index contributed by atoms with van der Waals surface area (Å²) in [5.41, 5.74) is 1.58. The summed E-state index contributed by atoms with van der Waals surface area (Å²) in [6, 6.07) is 7.12. The molecule has 1 fully saturated rings. The largest absolute Gasteiger partial charge is 0.480 e. The van der Waals surface area contributed by atoms with Gasteiger partial charge in [0.2, 0.25) is 5.91 Å². The summed E-state index contributed by atoms with van der Waals surface area (Å²) >= 11 is 0. The molecule has 0 saturated heterocycles. The standard InChI is InChI=1S/C19H28N4O4/c1-4-23(11-18(25)26)17-9-16(10-17)22-19(27)20-12(2)14-6-5-7-15(8-14)21-13(3)24/h5-8,12,16-17H,4,9-11H2,1-3H3,(H,21,24)(H,25,26)(H2,20,22,27). The van der Waals surface area contributed by atoms with Gasteiger partial charge in [-0.1, -0.05) is 19.1 Å². The smallest absolute Gasteiger partial charge is 0.317 e. The SMILES string of the molecule is CCN(CC(=O)O)C1CC(NC(=O)NC(C)c2cccc(NC(C)=O)c2)C1. The van der Waals surface area contributed by atoms with Crippen molar-refractivity contribution in [3.05, 3.63) is 29.8 Å². The van der Waals surface area contributed by atoms with E-state index in [1.54, 1.807) is 6.07 Å². The second-order valence-corrected chi connectivity index (χ2v) is 6.93. The number of amides is 3. The van der Waals surface area contributed by atoms with Gasteiger partial charge in [-0.05, 0) is 44.0 Å². The Balaban J connectivity index is 1.79. The number of urea groups is 1. The normalized spacial score (nSPS) is 19.7. The predicted octanol–water partition coefficient (Wildman–Crippen LogP) is 1.94. The molecule has 0 radical (unpaired) electrons. The molecule has 1 aromatic carbocycles. The molecule has 27 heavy (non-hydrogen) atoms. The van der Waals surface area contributed by atoms with Gasteiger partial charge in [0.15, 0.2) is 0 Å². The minimum absolute atomic E-state index is 0.0295. The van der Waals surface area contributed by atoms with Gasteiger partial charge in [-0.25, -0.2) is 4.79 Å². The van der Waals surface area contributed by atoms with E-state index >= 15 is 0 Å². The van der Waals surface area contributed by atoms with E-state index in [0.29, 0.717) is 12.2 Å². The number of likely N-dealkylation sites (N-methyl/N-ethyl adjacent to an activating group) is 1. The van der Waals surface area contributed by atoms with Crippen LogP contribution in [0.2, 0.25) is 0 Å².